The van der Waals surface area contributed by atoms with E-state index in [-0.39, 0.29) is 0 Å². The van der Waals surface area contributed by atoms with Gasteiger partial charge in [-0.15, -0.1) is 22.9 Å². The molecule has 0 fully saturated rings. The van der Waals surface area contributed by atoms with Crippen molar-refractivity contribution in [1.82, 2.24) is 0 Å². The van der Waals surface area contributed by atoms with Crippen LogP contribution in [-0.2, 0) is 5.88 Å². The van der Waals surface area contributed by atoms with Crippen molar-refractivity contribution in [2.24, 2.45) is 0 Å². The van der Waals surface area contributed by atoms with E-state index >= 15 is 0 Å². The molecular weight excluding hydrogens is 239 g/mol. The molecular formula is C10H8Cl2OS. The maximum absolute atomic E-state index is 6.07. The molecule has 0 aliphatic carbocycles. The number of fused-ring (bicyclic) bond motifs is 1. The third-order valence-electron chi connectivity index (χ3n) is 2.08. The van der Waals surface area contributed by atoms with E-state index in [4.69, 9.17) is 27.9 Å². The Labute approximate surface area is 96.2 Å². The van der Waals surface area contributed by atoms with E-state index in [9.17, 15) is 0 Å². The monoisotopic (exact) mass is 246 g/mol. The minimum atomic E-state index is 0.497. The van der Waals surface area contributed by atoms with Crippen LogP contribution in [0.5, 0.6) is 5.75 Å². The van der Waals surface area contributed by atoms with Crippen LogP contribution in [0.1, 0.15) is 5.56 Å². The Hall–Kier alpha value is -0.440. The molecule has 0 N–H and O–H groups in total. The molecule has 2 rings (SSSR count). The predicted molar refractivity (Wildman–Crippen MR) is 62.9 cm³/mol. The van der Waals surface area contributed by atoms with Crippen molar-refractivity contribution in [1.29, 1.82) is 0 Å². The molecule has 14 heavy (non-hydrogen) atoms. The number of ether oxygens (including phenoxy) is 1. The summed E-state index contributed by atoms with van der Waals surface area (Å²) in [7, 11) is 1.64. The molecule has 0 aliphatic heterocycles. The van der Waals surface area contributed by atoms with Crippen molar-refractivity contribution < 1.29 is 4.74 Å². The van der Waals surface area contributed by atoms with Gasteiger partial charge in [0.1, 0.15) is 5.75 Å². The summed E-state index contributed by atoms with van der Waals surface area (Å²) in [6.45, 7) is 0. The van der Waals surface area contributed by atoms with Gasteiger partial charge in [-0.1, -0.05) is 17.7 Å². The van der Waals surface area contributed by atoms with Gasteiger partial charge in [0.2, 0.25) is 0 Å². The third kappa shape index (κ3) is 1.48. The van der Waals surface area contributed by atoms with Crippen molar-refractivity contribution in [2.45, 2.75) is 5.88 Å². The summed E-state index contributed by atoms with van der Waals surface area (Å²) in [4.78, 5) is 0. The van der Waals surface area contributed by atoms with E-state index in [0.29, 0.717) is 5.88 Å². The average molecular weight is 247 g/mol. The van der Waals surface area contributed by atoms with Crippen LogP contribution in [0.25, 0.3) is 10.1 Å². The smallest absolute Gasteiger partial charge is 0.129 e. The van der Waals surface area contributed by atoms with Crippen LogP contribution in [0.2, 0.25) is 5.02 Å². The zero-order chi connectivity index (χ0) is 10.1. The number of rotatable bonds is 2. The summed E-state index contributed by atoms with van der Waals surface area (Å²) in [5, 5.41) is 3.61. The summed E-state index contributed by atoms with van der Waals surface area (Å²) >= 11 is 13.5. The van der Waals surface area contributed by atoms with E-state index in [0.717, 1.165) is 26.4 Å². The van der Waals surface area contributed by atoms with Crippen LogP contribution in [0.4, 0.5) is 0 Å². The van der Waals surface area contributed by atoms with Gasteiger partial charge in [0, 0.05) is 16.0 Å². The standard InChI is InChI=1S/C10H8Cl2OS/c1-13-8-3-2-6(4-11)10-9(8)7(12)5-14-10/h2-3,5H,4H2,1H3. The highest BCUT2D eigenvalue weighted by molar-refractivity contribution is 7.18. The average Bonchev–Trinajstić information content (AvgIpc) is 2.60. The lowest BCUT2D eigenvalue weighted by Gasteiger charge is -2.04. The van der Waals surface area contributed by atoms with Crippen molar-refractivity contribution >= 4 is 44.6 Å². The molecule has 1 heterocycles. The molecule has 0 saturated heterocycles. The molecule has 74 valence electrons. The van der Waals surface area contributed by atoms with Crippen LogP contribution >= 0.6 is 34.5 Å². The molecule has 4 heteroatoms. The Bertz CT molecular complexity index is 464. The number of methoxy groups -OCH3 is 1. The Morgan fingerprint density at radius 2 is 2.21 bits per heavy atom. The lowest BCUT2D eigenvalue weighted by Crippen LogP contribution is -1.85. The Morgan fingerprint density at radius 1 is 1.43 bits per heavy atom. The van der Waals surface area contributed by atoms with Crippen LogP contribution in [0, 0.1) is 0 Å². The molecule has 0 spiro atoms. The molecule has 0 unspecified atom stereocenters. The van der Waals surface area contributed by atoms with Crippen LogP contribution in [0.15, 0.2) is 17.5 Å². The van der Waals surface area contributed by atoms with E-state index in [1.165, 1.54) is 0 Å². The van der Waals surface area contributed by atoms with Crippen LogP contribution < -0.4 is 4.74 Å². The zero-order valence-corrected chi connectivity index (χ0v) is 9.84. The number of benzene rings is 1. The van der Waals surface area contributed by atoms with E-state index in [1.807, 2.05) is 17.5 Å². The van der Waals surface area contributed by atoms with Crippen LogP contribution in [0.3, 0.4) is 0 Å². The fourth-order valence-corrected chi connectivity index (χ4v) is 3.05. The second kappa shape index (κ2) is 3.97. The zero-order valence-electron chi connectivity index (χ0n) is 7.51. The molecule has 0 atom stereocenters. The molecule has 0 saturated carbocycles. The first-order chi connectivity index (χ1) is 6.77. The fraction of sp³-hybridized carbons (Fsp3) is 0.200. The highest BCUT2D eigenvalue weighted by Crippen LogP contribution is 2.39. The quantitative estimate of drug-likeness (QED) is 0.719. The van der Waals surface area contributed by atoms with Gasteiger partial charge in [0.15, 0.2) is 0 Å². The highest BCUT2D eigenvalue weighted by Gasteiger charge is 2.11. The number of hydrogen-bond donors (Lipinski definition) is 0. The van der Waals surface area contributed by atoms with E-state index < -0.39 is 0 Å². The normalized spacial score (nSPS) is 10.8. The summed E-state index contributed by atoms with van der Waals surface area (Å²) in [5.74, 6) is 1.30. The second-order valence-corrected chi connectivity index (χ2v) is 4.40. The van der Waals surface area contributed by atoms with Crippen LogP contribution in [-0.4, -0.2) is 7.11 Å². The third-order valence-corrected chi connectivity index (χ3v) is 3.85. The maximum Gasteiger partial charge on any atom is 0.129 e. The van der Waals surface area contributed by atoms with Crippen molar-refractivity contribution in [3.63, 3.8) is 0 Å². The van der Waals surface area contributed by atoms with Gasteiger partial charge < -0.3 is 4.74 Å². The summed E-state index contributed by atoms with van der Waals surface area (Å²) in [6.07, 6.45) is 0. The molecule has 0 bridgehead atoms. The first-order valence-corrected chi connectivity index (χ1v) is 5.85. The largest absolute Gasteiger partial charge is 0.496 e. The second-order valence-electron chi connectivity index (χ2n) is 2.85. The Balaban J connectivity index is 2.81. The molecule has 0 amide bonds. The Morgan fingerprint density at radius 3 is 2.86 bits per heavy atom. The predicted octanol–water partition coefficient (Wildman–Crippen LogP) is 4.30. The van der Waals surface area contributed by atoms with Gasteiger partial charge in [-0.2, -0.15) is 0 Å². The summed E-state index contributed by atoms with van der Waals surface area (Å²) in [6, 6.07) is 3.87. The van der Waals surface area contributed by atoms with Gasteiger partial charge in [0.25, 0.3) is 0 Å². The maximum atomic E-state index is 6.07. The number of hydrogen-bond acceptors (Lipinski definition) is 2. The van der Waals surface area contributed by atoms with Gasteiger partial charge in [-0.3, -0.25) is 0 Å². The Kier molecular flexibility index (Phi) is 2.86. The lowest BCUT2D eigenvalue weighted by molar-refractivity contribution is 0.420. The molecule has 2 aromatic rings. The minimum absolute atomic E-state index is 0.497. The molecule has 1 aromatic carbocycles. The van der Waals surface area contributed by atoms with Gasteiger partial charge in [-0.05, 0) is 11.6 Å². The fourth-order valence-electron chi connectivity index (χ4n) is 1.41. The van der Waals surface area contributed by atoms with Gasteiger partial charge >= 0.3 is 0 Å². The molecule has 0 radical (unpaired) electrons. The topological polar surface area (TPSA) is 9.23 Å². The minimum Gasteiger partial charge on any atom is -0.496 e. The van der Waals surface area contributed by atoms with Gasteiger partial charge in [0.05, 0.1) is 17.5 Å². The van der Waals surface area contributed by atoms with Crippen molar-refractivity contribution in [2.75, 3.05) is 7.11 Å². The summed E-state index contributed by atoms with van der Waals surface area (Å²) < 4.78 is 6.36. The number of thiophene rings is 1. The van der Waals surface area contributed by atoms with Crippen molar-refractivity contribution in [3.8, 4) is 5.75 Å². The lowest BCUT2D eigenvalue weighted by atomic mass is 10.2. The first kappa shape index (κ1) is 10.1. The number of alkyl halides is 1. The van der Waals surface area contributed by atoms with E-state index in [1.54, 1.807) is 18.4 Å². The molecule has 1 nitrogen and oxygen atoms in total. The SMILES string of the molecule is COc1ccc(CCl)c2scc(Cl)c12. The number of halogens is 2. The van der Waals surface area contributed by atoms with Gasteiger partial charge in [-0.25, -0.2) is 0 Å². The summed E-state index contributed by atoms with van der Waals surface area (Å²) in [5.41, 5.74) is 1.10. The van der Waals surface area contributed by atoms with Crippen molar-refractivity contribution in [3.05, 3.63) is 28.1 Å². The first-order valence-electron chi connectivity index (χ1n) is 4.06. The highest BCUT2D eigenvalue weighted by atomic mass is 35.5. The van der Waals surface area contributed by atoms with E-state index in [2.05, 4.69) is 0 Å². The molecule has 0 aliphatic rings. The molecule has 1 aromatic heterocycles.